The van der Waals surface area contributed by atoms with E-state index >= 15 is 0 Å². The van der Waals surface area contributed by atoms with Gasteiger partial charge in [0, 0.05) is 159 Å². The van der Waals surface area contributed by atoms with E-state index in [4.69, 9.17) is 20.9 Å². The molecule has 0 bridgehead atoms. The topological polar surface area (TPSA) is 628 Å². The van der Waals surface area contributed by atoms with Crippen LogP contribution in [0.5, 0.6) is 0 Å². The number of nitrogens with one attached hydrogen (secondary N) is 6. The SMILES string of the molecule is CB(O)N1CCNCCN(CB=O)CC1.CB(O)NC(C=O)Cc1ccc([N+](=O)[O-])cc1.CB(O)NC(CO)Cc1ccc([N+](=O)[O-])cc1.CB(O)NC(Cc1ccc([N+](=O)[O-])cc1)CN1CCN(CB=O)CCN(B(C)O)CC1.NC(Cc1ccc([N+](=O)[O-])cc1)CN1CCNCCNCC1.O=C(O)CCC(Cc1ccc([N+](=O)[O-])cc1)CN1CCN(CC(=O)O)CCN(CC(=O)O)CC1. The molecule has 0 spiro atoms. The van der Waals surface area contributed by atoms with Crippen LogP contribution in [-0.2, 0) is 60.7 Å². The number of carboxylic acids is 3. The Labute approximate surface area is 796 Å². The summed E-state index contributed by atoms with van der Waals surface area (Å²) < 4.78 is 21.5. The Balaban J connectivity index is 0.000000350. The number of aliphatic hydroxyl groups excluding tert-OH is 1. The van der Waals surface area contributed by atoms with Crippen molar-refractivity contribution < 1.29 is 98.8 Å². The van der Waals surface area contributed by atoms with E-state index in [0.717, 1.165) is 160 Å². The summed E-state index contributed by atoms with van der Waals surface area (Å²) >= 11 is 0. The van der Waals surface area contributed by atoms with Crippen LogP contribution < -0.4 is 37.4 Å². The first-order valence-corrected chi connectivity index (χ1v) is 45.7. The molecule has 4 fully saturated rings. The number of nitro benzene ring substituents is 5. The summed E-state index contributed by atoms with van der Waals surface area (Å²) in [4.78, 5) is 114. The van der Waals surface area contributed by atoms with Gasteiger partial charge in [-0.15, -0.1) is 0 Å². The number of non-ortho nitro benzene ring substituents is 5. The van der Waals surface area contributed by atoms with Gasteiger partial charge in [-0.05, 0) is 73.9 Å². The molecule has 53 heteroatoms. The van der Waals surface area contributed by atoms with Crippen LogP contribution in [0.2, 0.25) is 34.1 Å². The number of carboxylic acid groups (broad SMARTS) is 3. The third kappa shape index (κ3) is 52.8. The predicted molar refractivity (Wildman–Crippen MR) is 520 cm³/mol. The van der Waals surface area contributed by atoms with Gasteiger partial charge in [0.2, 0.25) is 0 Å². The van der Waals surface area contributed by atoms with E-state index < -0.39 is 78.9 Å². The van der Waals surface area contributed by atoms with E-state index in [0.29, 0.717) is 117 Å². The third-order valence-corrected chi connectivity index (χ3v) is 22.6. The fourth-order valence-corrected chi connectivity index (χ4v) is 15.4. The first-order chi connectivity index (χ1) is 64.8. The normalized spacial score (nSPS) is 16.8. The van der Waals surface area contributed by atoms with E-state index in [1.807, 2.05) is 9.62 Å². The van der Waals surface area contributed by atoms with Crippen molar-refractivity contribution >= 4 is 102 Å². The number of aliphatic carboxylic acids is 3. The number of hydrogen-bond donors (Lipinski definition) is 16. The maximum Gasteiger partial charge on any atom is 0.317 e. The molecule has 5 unspecified atom stereocenters. The standard InChI is InChI=1S/C22H32N4O8.C18H32B3N5O5.C15H25N5O2.C10H15BN2O4.C10H13BN2O4.C8H19B2N3O2/c27-20(28)6-3-18(13-17-1-4-19(5-2-17)26(33)34)14-23-7-9-24(15-21(29)30)11-12-25(10-8-23)16-22(31)32;1-20(28)22-17(13-16-3-5-18(6-4-16)26(30)31)14-23-7-8-24(15-19-27)10-12-25(11-9-23)21(2)29;16-14(11-13-1-3-15(4-2-13)20(21)22)12-19-9-7-17-5-6-18-8-10-19;2*1-11(15)12-9(7-14)6-8-2-4-10(5-3-8)13(16)17;1-10(15)13-5-3-11-2-4-12(6-7-13)8-9-14/h1-2,4-5,18H,3,6-16H2,(H,27,28)(H,29,30)(H,31,32);3-6,17,22,28-29H,7-15H2,1-2H3;1-4,14,17-18H,5-12,16H2;2-5,9,12,14-15H,6-7H2,1H3;2-5,7,9,12,15H,6H2,1H3;11,15H,2-8H2,1H3. The first-order valence-electron chi connectivity index (χ1n) is 45.7. The molecule has 5 aromatic rings. The Kier molecular flexibility index (Phi) is 59.0. The zero-order valence-corrected chi connectivity index (χ0v) is 78.5. The summed E-state index contributed by atoms with van der Waals surface area (Å²) in [6.45, 7) is 28.5. The minimum Gasteiger partial charge on any atom is -0.481 e. The number of hydrogen-bond acceptors (Lipinski definition) is 38. The molecule has 5 aromatic carbocycles. The molecule has 9 rings (SSSR count). The number of aldehydes is 1. The molecule has 0 saturated carbocycles. The third-order valence-electron chi connectivity index (χ3n) is 22.6. The van der Waals surface area contributed by atoms with Gasteiger partial charge in [0.1, 0.15) is 6.29 Å². The van der Waals surface area contributed by atoms with Crippen LogP contribution in [0.25, 0.3) is 0 Å². The van der Waals surface area contributed by atoms with Crippen LogP contribution in [0.3, 0.4) is 0 Å². The second-order valence-corrected chi connectivity index (χ2v) is 33.8. The molecular weight excluding hydrogens is 1770 g/mol. The van der Waals surface area contributed by atoms with Crippen molar-refractivity contribution in [3.05, 3.63) is 200 Å². The summed E-state index contributed by atoms with van der Waals surface area (Å²) in [6.07, 6.45) is 4.71. The van der Waals surface area contributed by atoms with Crippen molar-refractivity contribution in [1.29, 1.82) is 0 Å². The second kappa shape index (κ2) is 67.6. The van der Waals surface area contributed by atoms with Crippen molar-refractivity contribution in [3.63, 3.8) is 0 Å². The molecule has 744 valence electrons. The predicted octanol–water partition coefficient (Wildman–Crippen LogP) is -1.18. The Morgan fingerprint density at radius 3 is 1.06 bits per heavy atom. The summed E-state index contributed by atoms with van der Waals surface area (Å²) in [6, 6.07) is 30.6. The molecule has 4 heterocycles. The van der Waals surface area contributed by atoms with Crippen LogP contribution >= 0.6 is 0 Å². The van der Waals surface area contributed by atoms with Gasteiger partial charge < -0.3 is 67.0 Å². The molecule has 136 heavy (non-hydrogen) atoms. The Bertz CT molecular complexity index is 4270. The van der Waals surface area contributed by atoms with Crippen LogP contribution in [0.1, 0.15) is 40.7 Å². The van der Waals surface area contributed by atoms with E-state index in [2.05, 4.69) is 56.1 Å². The van der Waals surface area contributed by atoms with E-state index in [9.17, 15) is 110 Å². The van der Waals surface area contributed by atoms with Crippen molar-refractivity contribution in [3.8, 4) is 0 Å². The summed E-state index contributed by atoms with van der Waals surface area (Å²) in [5.41, 5.74) is 11.0. The monoisotopic (exact) mass is 1900 g/mol. The van der Waals surface area contributed by atoms with Gasteiger partial charge in [-0.2, -0.15) is 0 Å². The molecule has 0 aromatic heterocycles. The van der Waals surface area contributed by atoms with Crippen molar-refractivity contribution in [2.24, 2.45) is 11.7 Å². The molecule has 17 N–H and O–H groups in total. The zero-order chi connectivity index (χ0) is 100. The summed E-state index contributed by atoms with van der Waals surface area (Å²) in [5, 5.41) is 156. The smallest absolute Gasteiger partial charge is 0.317 e. The van der Waals surface area contributed by atoms with Gasteiger partial charge in [0.15, 0.2) is 0 Å². The Morgan fingerprint density at radius 1 is 0.397 bits per heavy atom. The number of carbonyl (C=O) groups is 4. The number of nitrogens with two attached hydrogens (primary N) is 1. The van der Waals surface area contributed by atoms with Crippen LogP contribution in [0, 0.1) is 56.5 Å². The van der Waals surface area contributed by atoms with E-state index in [-0.39, 0.29) is 83.5 Å². The molecule has 0 aliphatic carbocycles. The van der Waals surface area contributed by atoms with E-state index in [1.54, 1.807) is 97.8 Å². The zero-order valence-electron chi connectivity index (χ0n) is 78.5. The average Bonchev–Trinajstić information content (AvgIpc) is 1.52. The molecule has 0 amide bonds. The van der Waals surface area contributed by atoms with Crippen molar-refractivity contribution in [2.45, 2.75) is 103 Å². The van der Waals surface area contributed by atoms with Gasteiger partial charge in [-0.25, -0.2) is 0 Å². The van der Waals surface area contributed by atoms with Gasteiger partial charge in [0.05, 0.1) is 50.4 Å². The second-order valence-electron chi connectivity index (χ2n) is 33.8. The molecule has 4 aliphatic rings. The number of nitrogens with zero attached hydrogens (tertiary/aromatic N) is 14. The van der Waals surface area contributed by atoms with Gasteiger partial charge in [0.25, 0.3) is 22.7 Å². The first kappa shape index (κ1) is 119. The van der Waals surface area contributed by atoms with Crippen LogP contribution in [-0.4, -0.2) is 421 Å². The largest absolute Gasteiger partial charge is 0.481 e. The quantitative estimate of drug-likeness (QED) is 0.00947. The van der Waals surface area contributed by atoms with Gasteiger partial charge in [-0.1, -0.05) is 48.5 Å². The Morgan fingerprint density at radius 2 is 0.699 bits per heavy atom. The molecule has 4 aliphatic heterocycles. The molecule has 4 saturated heterocycles. The van der Waals surface area contributed by atoms with Crippen molar-refractivity contribution in [2.75, 3.05) is 209 Å². The maximum atomic E-state index is 11.2. The number of aliphatic hydroxyl groups is 1. The maximum absolute atomic E-state index is 11.2. The van der Waals surface area contributed by atoms with Gasteiger partial charge >= 0.3 is 293 Å². The Hall–Kier alpha value is -9.65. The number of benzene rings is 5. The summed E-state index contributed by atoms with van der Waals surface area (Å²) in [5.74, 6) is -2.85. The van der Waals surface area contributed by atoms with Gasteiger partial charge in [-0.3, -0.25) is 79.7 Å². The van der Waals surface area contributed by atoms with Crippen LogP contribution in [0.4, 0.5) is 28.4 Å². The van der Waals surface area contributed by atoms with E-state index in [1.165, 1.54) is 67.5 Å². The van der Waals surface area contributed by atoms with Crippen LogP contribution in [0.15, 0.2) is 121 Å². The molecular formula is C83H136B7N21O25. The minimum absolute atomic E-state index is 0.0112. The van der Waals surface area contributed by atoms with Crippen molar-refractivity contribution in [1.82, 2.24) is 75.6 Å². The minimum atomic E-state index is -0.951. The fourth-order valence-electron chi connectivity index (χ4n) is 15.4. The number of carbonyl (C=O) groups excluding carboxylic acids is 1. The average molecular weight is 1900 g/mol. The number of rotatable bonds is 42. The summed E-state index contributed by atoms with van der Waals surface area (Å²) in [7, 11) is -1.31. The molecule has 0 radical (unpaired) electrons. The molecule has 46 nitrogen and oxygen atoms in total. The molecule has 5 atom stereocenters. The fraction of sp³-hybridized carbons (Fsp3) is 0.590. The number of nitro groups is 5.